The highest BCUT2D eigenvalue weighted by Gasteiger charge is 2.16. The average molecular weight is 181 g/mol. The van der Waals surface area contributed by atoms with Crippen molar-refractivity contribution in [2.75, 3.05) is 7.05 Å². The molecule has 1 rings (SSSR count). The molecular weight excluding hydrogens is 166 g/mol. The van der Waals surface area contributed by atoms with E-state index in [0.29, 0.717) is 5.56 Å². The summed E-state index contributed by atoms with van der Waals surface area (Å²) in [6.45, 7) is 4.05. The van der Waals surface area contributed by atoms with Gasteiger partial charge in [0.15, 0.2) is 0 Å². The normalized spacial score (nSPS) is 10.5. The average Bonchev–Trinajstić information content (AvgIpc) is 2.46. The summed E-state index contributed by atoms with van der Waals surface area (Å²) in [7, 11) is 3.44. The number of rotatable bonds is 2. The van der Waals surface area contributed by atoms with Crippen LogP contribution in [-0.2, 0) is 7.05 Å². The second-order valence-corrected chi connectivity index (χ2v) is 3.34. The Labute approximate surface area is 77.9 Å². The van der Waals surface area contributed by atoms with Crippen molar-refractivity contribution < 1.29 is 4.79 Å². The number of nitrogens with zero attached hydrogens (tertiary/aromatic N) is 2. The maximum absolute atomic E-state index is 11.4. The van der Waals surface area contributed by atoms with Gasteiger partial charge in [-0.15, -0.1) is 0 Å². The number of amides is 1. The molecule has 0 aliphatic heterocycles. The van der Waals surface area contributed by atoms with E-state index in [1.807, 2.05) is 20.9 Å². The minimum atomic E-state index is -0.0724. The number of aromatic nitrogens is 2. The van der Waals surface area contributed by atoms with Gasteiger partial charge < -0.3 is 5.32 Å². The Morgan fingerprint density at radius 1 is 1.62 bits per heavy atom. The number of aryl methyl sites for hydroxylation is 1. The predicted octanol–water partition coefficient (Wildman–Crippen LogP) is 0.903. The zero-order valence-electron chi connectivity index (χ0n) is 8.46. The summed E-state index contributed by atoms with van der Waals surface area (Å²) >= 11 is 0. The van der Waals surface area contributed by atoms with Gasteiger partial charge in [0.05, 0.1) is 11.3 Å². The highest BCUT2D eigenvalue weighted by molar-refractivity contribution is 5.95. The molecule has 0 aliphatic carbocycles. The maximum atomic E-state index is 11.4. The molecule has 0 aliphatic rings. The van der Waals surface area contributed by atoms with Gasteiger partial charge in [-0.3, -0.25) is 9.48 Å². The van der Waals surface area contributed by atoms with E-state index in [9.17, 15) is 4.79 Å². The van der Waals surface area contributed by atoms with E-state index in [1.165, 1.54) is 0 Å². The highest BCUT2D eigenvalue weighted by atomic mass is 16.1. The first-order valence-corrected chi connectivity index (χ1v) is 4.32. The summed E-state index contributed by atoms with van der Waals surface area (Å²) in [5.74, 6) is 0.199. The highest BCUT2D eigenvalue weighted by Crippen LogP contribution is 2.16. The van der Waals surface area contributed by atoms with Gasteiger partial charge in [-0.1, -0.05) is 13.8 Å². The topological polar surface area (TPSA) is 46.9 Å². The van der Waals surface area contributed by atoms with E-state index >= 15 is 0 Å². The van der Waals surface area contributed by atoms with Gasteiger partial charge >= 0.3 is 0 Å². The van der Waals surface area contributed by atoms with Crippen molar-refractivity contribution in [3.8, 4) is 0 Å². The number of carbonyl (C=O) groups excluding carboxylic acids is 1. The van der Waals surface area contributed by atoms with Gasteiger partial charge in [0, 0.05) is 20.3 Å². The molecule has 0 fully saturated rings. The summed E-state index contributed by atoms with van der Waals surface area (Å²) in [6.07, 6.45) is 1.74. The summed E-state index contributed by atoms with van der Waals surface area (Å²) < 4.78 is 1.67. The van der Waals surface area contributed by atoms with Crippen LogP contribution in [0.25, 0.3) is 0 Å². The number of hydrogen-bond acceptors (Lipinski definition) is 2. The van der Waals surface area contributed by atoms with E-state index in [1.54, 1.807) is 17.9 Å². The van der Waals surface area contributed by atoms with Crippen LogP contribution < -0.4 is 5.32 Å². The molecule has 0 spiro atoms. The van der Waals surface area contributed by atoms with Gasteiger partial charge in [0.2, 0.25) is 0 Å². The van der Waals surface area contributed by atoms with Gasteiger partial charge in [-0.05, 0) is 5.92 Å². The molecular formula is C9H15N3O. The first kappa shape index (κ1) is 9.77. The molecule has 0 aromatic carbocycles. The Morgan fingerprint density at radius 3 is 2.69 bits per heavy atom. The fourth-order valence-electron chi connectivity index (χ4n) is 1.24. The lowest BCUT2D eigenvalue weighted by Crippen LogP contribution is -2.19. The lowest BCUT2D eigenvalue weighted by molar-refractivity contribution is 0.0962. The van der Waals surface area contributed by atoms with Gasteiger partial charge in [-0.2, -0.15) is 5.10 Å². The summed E-state index contributed by atoms with van der Waals surface area (Å²) in [4.78, 5) is 11.4. The SMILES string of the molecule is CNC(=O)c1cn(C)nc1C(C)C. The molecule has 4 heteroatoms. The molecule has 1 heterocycles. The Morgan fingerprint density at radius 2 is 2.23 bits per heavy atom. The quantitative estimate of drug-likeness (QED) is 0.737. The van der Waals surface area contributed by atoms with Crippen LogP contribution >= 0.6 is 0 Å². The number of hydrogen-bond donors (Lipinski definition) is 1. The van der Waals surface area contributed by atoms with Gasteiger partial charge in [-0.25, -0.2) is 0 Å². The zero-order chi connectivity index (χ0) is 10.0. The van der Waals surface area contributed by atoms with Crippen LogP contribution in [0.15, 0.2) is 6.20 Å². The van der Waals surface area contributed by atoms with Crippen molar-refractivity contribution >= 4 is 5.91 Å². The third-order valence-corrected chi connectivity index (χ3v) is 1.88. The van der Waals surface area contributed by atoms with Crippen molar-refractivity contribution in [1.82, 2.24) is 15.1 Å². The summed E-state index contributed by atoms with van der Waals surface area (Å²) in [5.41, 5.74) is 1.52. The molecule has 0 saturated carbocycles. The second-order valence-electron chi connectivity index (χ2n) is 3.34. The summed E-state index contributed by atoms with van der Waals surface area (Å²) in [5, 5.41) is 6.83. The first-order chi connectivity index (χ1) is 6.06. The van der Waals surface area contributed by atoms with E-state index in [4.69, 9.17) is 0 Å². The molecule has 4 nitrogen and oxygen atoms in total. The predicted molar refractivity (Wildman–Crippen MR) is 50.7 cm³/mol. The molecule has 1 aromatic rings. The van der Waals surface area contributed by atoms with Crippen molar-refractivity contribution in [1.29, 1.82) is 0 Å². The largest absolute Gasteiger partial charge is 0.355 e. The van der Waals surface area contributed by atoms with Crippen molar-refractivity contribution in [3.05, 3.63) is 17.5 Å². The van der Waals surface area contributed by atoms with Gasteiger partial charge in [0.25, 0.3) is 5.91 Å². The fraction of sp³-hybridized carbons (Fsp3) is 0.556. The first-order valence-electron chi connectivity index (χ1n) is 4.32. The molecule has 1 N–H and O–H groups in total. The molecule has 72 valence electrons. The van der Waals surface area contributed by atoms with Crippen molar-refractivity contribution in [2.24, 2.45) is 7.05 Å². The molecule has 1 aromatic heterocycles. The minimum absolute atomic E-state index is 0.0724. The Bertz CT molecular complexity index is 315. The molecule has 0 atom stereocenters. The van der Waals surface area contributed by atoms with Crippen LogP contribution in [0.2, 0.25) is 0 Å². The molecule has 13 heavy (non-hydrogen) atoms. The molecule has 0 saturated heterocycles. The van der Waals surface area contributed by atoms with Crippen molar-refractivity contribution in [3.63, 3.8) is 0 Å². The summed E-state index contributed by atoms with van der Waals surface area (Å²) in [6, 6.07) is 0. The van der Waals surface area contributed by atoms with E-state index in [-0.39, 0.29) is 11.8 Å². The Hall–Kier alpha value is -1.32. The second kappa shape index (κ2) is 3.60. The maximum Gasteiger partial charge on any atom is 0.254 e. The third kappa shape index (κ3) is 1.88. The van der Waals surface area contributed by atoms with Crippen LogP contribution in [-0.4, -0.2) is 22.7 Å². The van der Waals surface area contributed by atoms with Gasteiger partial charge in [0.1, 0.15) is 0 Å². The minimum Gasteiger partial charge on any atom is -0.355 e. The molecule has 1 amide bonds. The van der Waals surface area contributed by atoms with Crippen LogP contribution in [0.5, 0.6) is 0 Å². The zero-order valence-corrected chi connectivity index (χ0v) is 8.46. The van der Waals surface area contributed by atoms with Crippen molar-refractivity contribution in [2.45, 2.75) is 19.8 Å². The number of nitrogens with one attached hydrogen (secondary N) is 1. The molecule has 0 radical (unpaired) electrons. The van der Waals surface area contributed by atoms with Crippen LogP contribution in [0.1, 0.15) is 35.8 Å². The van der Waals surface area contributed by atoms with Crippen LogP contribution in [0, 0.1) is 0 Å². The lowest BCUT2D eigenvalue weighted by atomic mass is 10.1. The smallest absolute Gasteiger partial charge is 0.254 e. The van der Waals surface area contributed by atoms with E-state index in [2.05, 4.69) is 10.4 Å². The fourth-order valence-corrected chi connectivity index (χ4v) is 1.24. The lowest BCUT2D eigenvalue weighted by Gasteiger charge is -2.02. The van der Waals surface area contributed by atoms with Crippen LogP contribution in [0.3, 0.4) is 0 Å². The van der Waals surface area contributed by atoms with E-state index < -0.39 is 0 Å². The van der Waals surface area contributed by atoms with E-state index in [0.717, 1.165) is 5.69 Å². The molecule has 0 unspecified atom stereocenters. The Kier molecular flexibility index (Phi) is 2.70. The monoisotopic (exact) mass is 181 g/mol. The molecule has 0 bridgehead atoms. The van der Waals surface area contributed by atoms with Crippen LogP contribution in [0.4, 0.5) is 0 Å². The number of carbonyl (C=O) groups is 1. The third-order valence-electron chi connectivity index (χ3n) is 1.88. The standard InChI is InChI=1S/C9H15N3O/c1-6(2)8-7(9(13)10-3)5-12(4)11-8/h5-6H,1-4H3,(H,10,13). The Balaban J connectivity index is 3.11.